The van der Waals surface area contributed by atoms with Gasteiger partial charge in [-0.15, -0.1) is 0 Å². The van der Waals surface area contributed by atoms with Gasteiger partial charge in [-0.2, -0.15) is 5.10 Å². The molecule has 2 N–H and O–H groups in total. The van der Waals surface area contributed by atoms with Crippen molar-refractivity contribution in [3.05, 3.63) is 77.6 Å². The molecule has 2 amide bonds. The van der Waals surface area contributed by atoms with Crippen molar-refractivity contribution in [1.82, 2.24) is 15.1 Å². The first-order valence-corrected chi connectivity index (χ1v) is 10.6. The van der Waals surface area contributed by atoms with Crippen LogP contribution in [0.5, 0.6) is 0 Å². The predicted octanol–water partition coefficient (Wildman–Crippen LogP) is 3.72. The summed E-state index contributed by atoms with van der Waals surface area (Å²) in [6.07, 6.45) is 1.60. The number of ether oxygens (including phenoxy) is 1. The van der Waals surface area contributed by atoms with Crippen LogP contribution in [0.25, 0.3) is 5.69 Å². The fourth-order valence-electron chi connectivity index (χ4n) is 3.16. The normalized spacial score (nSPS) is 11.7. The van der Waals surface area contributed by atoms with E-state index in [2.05, 4.69) is 15.7 Å². The van der Waals surface area contributed by atoms with Crippen LogP contribution >= 0.6 is 0 Å². The number of benzene rings is 2. The Labute approximate surface area is 194 Å². The largest absolute Gasteiger partial charge is 0.461 e. The van der Waals surface area contributed by atoms with E-state index in [1.807, 2.05) is 0 Å². The van der Waals surface area contributed by atoms with Crippen molar-refractivity contribution in [2.24, 2.45) is 5.92 Å². The molecule has 1 aromatic heterocycles. The quantitative estimate of drug-likeness (QED) is 0.489. The zero-order chi connectivity index (χ0) is 24.8. The molecule has 8 nitrogen and oxygen atoms in total. The van der Waals surface area contributed by atoms with Crippen LogP contribution in [0.2, 0.25) is 0 Å². The highest BCUT2D eigenvalue weighted by Gasteiger charge is 2.27. The molecule has 1 heterocycles. The number of amides is 2. The lowest BCUT2D eigenvalue weighted by molar-refractivity contribution is -0.118. The number of hydrogen-bond acceptors (Lipinski definition) is 5. The lowest BCUT2D eigenvalue weighted by atomic mass is 10.0. The molecular formula is C24H24F2N4O4. The number of anilines is 1. The van der Waals surface area contributed by atoms with Crippen molar-refractivity contribution in [3.63, 3.8) is 0 Å². The van der Waals surface area contributed by atoms with Crippen molar-refractivity contribution in [1.29, 1.82) is 0 Å². The van der Waals surface area contributed by atoms with E-state index in [1.54, 1.807) is 51.2 Å². The molecule has 0 aliphatic rings. The van der Waals surface area contributed by atoms with Crippen LogP contribution in [0.1, 0.15) is 41.6 Å². The highest BCUT2D eigenvalue weighted by Crippen LogP contribution is 2.16. The first kappa shape index (κ1) is 24.6. The summed E-state index contributed by atoms with van der Waals surface area (Å²) in [6.45, 7) is 5.34. The Balaban J connectivity index is 1.69. The third-order valence-corrected chi connectivity index (χ3v) is 4.90. The summed E-state index contributed by atoms with van der Waals surface area (Å²) in [5.41, 5.74) is 0.494. The summed E-state index contributed by atoms with van der Waals surface area (Å²) >= 11 is 0. The average molecular weight is 470 g/mol. The van der Waals surface area contributed by atoms with E-state index >= 15 is 0 Å². The third-order valence-electron chi connectivity index (χ3n) is 4.90. The van der Waals surface area contributed by atoms with Gasteiger partial charge in [0.25, 0.3) is 5.91 Å². The third kappa shape index (κ3) is 5.64. The Bertz CT molecular complexity index is 1170. The highest BCUT2D eigenvalue weighted by molar-refractivity contribution is 6.01. The Morgan fingerprint density at radius 3 is 2.26 bits per heavy atom. The molecule has 0 saturated heterocycles. The number of nitrogens with zero attached hydrogens (tertiary/aromatic N) is 2. The Hall–Kier alpha value is -4.08. The van der Waals surface area contributed by atoms with Gasteiger partial charge in [-0.3, -0.25) is 9.59 Å². The van der Waals surface area contributed by atoms with Crippen molar-refractivity contribution in [2.45, 2.75) is 26.8 Å². The van der Waals surface area contributed by atoms with E-state index in [0.29, 0.717) is 11.4 Å². The second kappa shape index (κ2) is 10.7. The van der Waals surface area contributed by atoms with Gasteiger partial charge in [0, 0.05) is 11.9 Å². The van der Waals surface area contributed by atoms with Gasteiger partial charge in [-0.05, 0) is 55.3 Å². The number of carbonyl (C=O) groups is 3. The standard InChI is InChI=1S/C24H24F2N4O4/c1-4-34-24(33)19-12-13-30(29-19)16-10-8-15(9-11-16)27-23(32)21(14(2)3)28-22(31)20-17(25)6-5-7-18(20)26/h5-14,21H,4H2,1-3H3,(H,27,32)(H,28,31). The highest BCUT2D eigenvalue weighted by atomic mass is 19.1. The van der Waals surface area contributed by atoms with E-state index in [-0.39, 0.29) is 18.2 Å². The Morgan fingerprint density at radius 1 is 1.03 bits per heavy atom. The van der Waals surface area contributed by atoms with Crippen LogP contribution in [0.4, 0.5) is 14.5 Å². The smallest absolute Gasteiger partial charge is 0.358 e. The zero-order valence-corrected chi connectivity index (χ0v) is 18.8. The van der Waals surface area contributed by atoms with E-state index < -0.39 is 41.0 Å². The predicted molar refractivity (Wildman–Crippen MR) is 121 cm³/mol. The van der Waals surface area contributed by atoms with Crippen LogP contribution in [0, 0.1) is 17.6 Å². The molecule has 0 aliphatic heterocycles. The van der Waals surface area contributed by atoms with Gasteiger partial charge < -0.3 is 15.4 Å². The van der Waals surface area contributed by atoms with E-state index in [4.69, 9.17) is 4.74 Å². The minimum atomic E-state index is -1.04. The van der Waals surface area contributed by atoms with Gasteiger partial charge in [-0.1, -0.05) is 19.9 Å². The van der Waals surface area contributed by atoms with Crippen molar-refractivity contribution < 1.29 is 27.9 Å². The number of hydrogen-bond donors (Lipinski definition) is 2. The van der Waals surface area contributed by atoms with Crippen molar-refractivity contribution in [2.75, 3.05) is 11.9 Å². The monoisotopic (exact) mass is 470 g/mol. The van der Waals surface area contributed by atoms with E-state index in [0.717, 1.165) is 18.2 Å². The summed E-state index contributed by atoms with van der Waals surface area (Å²) in [6, 6.07) is 10.2. The van der Waals surface area contributed by atoms with Gasteiger partial charge in [-0.25, -0.2) is 18.3 Å². The molecule has 0 saturated carbocycles. The minimum Gasteiger partial charge on any atom is -0.461 e. The molecule has 3 rings (SSSR count). The van der Waals surface area contributed by atoms with Gasteiger partial charge in [0.1, 0.15) is 23.2 Å². The molecule has 34 heavy (non-hydrogen) atoms. The first-order chi connectivity index (χ1) is 16.2. The zero-order valence-electron chi connectivity index (χ0n) is 18.8. The maximum atomic E-state index is 13.9. The number of rotatable bonds is 8. The number of aromatic nitrogens is 2. The van der Waals surface area contributed by atoms with Crippen molar-refractivity contribution >= 4 is 23.5 Å². The van der Waals surface area contributed by atoms with Gasteiger partial charge in [0.2, 0.25) is 5.91 Å². The van der Waals surface area contributed by atoms with E-state index in [1.165, 1.54) is 10.7 Å². The lowest BCUT2D eigenvalue weighted by Crippen LogP contribution is -2.47. The van der Waals surface area contributed by atoms with Crippen LogP contribution in [0.15, 0.2) is 54.7 Å². The molecule has 10 heteroatoms. The Morgan fingerprint density at radius 2 is 1.68 bits per heavy atom. The van der Waals surface area contributed by atoms with Crippen molar-refractivity contribution in [3.8, 4) is 5.69 Å². The second-order valence-corrected chi connectivity index (χ2v) is 7.69. The topological polar surface area (TPSA) is 102 Å². The lowest BCUT2D eigenvalue weighted by Gasteiger charge is -2.22. The molecule has 0 bridgehead atoms. The van der Waals surface area contributed by atoms with E-state index in [9.17, 15) is 23.2 Å². The van der Waals surface area contributed by atoms with Crippen LogP contribution in [-0.4, -0.2) is 40.2 Å². The molecular weight excluding hydrogens is 446 g/mol. The molecule has 178 valence electrons. The van der Waals surface area contributed by atoms with Crippen LogP contribution in [-0.2, 0) is 9.53 Å². The van der Waals surface area contributed by atoms with Crippen LogP contribution in [0.3, 0.4) is 0 Å². The van der Waals surface area contributed by atoms with Crippen LogP contribution < -0.4 is 10.6 Å². The Kier molecular flexibility index (Phi) is 7.72. The fraction of sp³-hybridized carbons (Fsp3) is 0.250. The molecule has 3 aromatic rings. The minimum absolute atomic E-state index is 0.168. The maximum Gasteiger partial charge on any atom is 0.358 e. The summed E-state index contributed by atoms with van der Waals surface area (Å²) in [5.74, 6) is -4.47. The molecule has 0 fully saturated rings. The second-order valence-electron chi connectivity index (χ2n) is 7.69. The average Bonchev–Trinajstić information content (AvgIpc) is 3.28. The summed E-state index contributed by atoms with van der Waals surface area (Å²) < 4.78 is 34.3. The molecule has 0 radical (unpaired) electrons. The molecule has 1 atom stereocenters. The molecule has 2 aromatic carbocycles. The number of carbonyl (C=O) groups excluding carboxylic acids is 3. The number of esters is 1. The fourth-order valence-corrected chi connectivity index (χ4v) is 3.16. The summed E-state index contributed by atoms with van der Waals surface area (Å²) in [7, 11) is 0. The number of halogens is 2. The van der Waals surface area contributed by atoms with Gasteiger partial charge in [0.05, 0.1) is 12.3 Å². The molecule has 1 unspecified atom stereocenters. The first-order valence-electron chi connectivity index (χ1n) is 10.6. The SMILES string of the molecule is CCOC(=O)c1ccn(-c2ccc(NC(=O)C(NC(=O)c3c(F)cccc3F)C(C)C)cc2)n1. The molecule has 0 aliphatic carbocycles. The maximum absolute atomic E-state index is 13.9. The number of nitrogens with one attached hydrogen (secondary N) is 2. The summed E-state index contributed by atoms with van der Waals surface area (Å²) in [4.78, 5) is 37.0. The van der Waals surface area contributed by atoms with Gasteiger partial charge in [0.15, 0.2) is 5.69 Å². The van der Waals surface area contributed by atoms with Gasteiger partial charge >= 0.3 is 5.97 Å². The molecule has 0 spiro atoms. The summed E-state index contributed by atoms with van der Waals surface area (Å²) in [5, 5.41) is 9.25.